The molecule has 0 radical (unpaired) electrons. The first-order valence-corrected chi connectivity index (χ1v) is 7.70. The molecule has 0 aliphatic heterocycles. The minimum absolute atomic E-state index is 0.0438. The van der Waals surface area contributed by atoms with Crippen LogP contribution in [0, 0.1) is 5.41 Å². The number of ketones is 1. The molecule has 108 valence electrons. The van der Waals surface area contributed by atoms with E-state index in [0.29, 0.717) is 12.0 Å². The van der Waals surface area contributed by atoms with Crippen LogP contribution in [0.15, 0.2) is 45.8 Å². The third-order valence-corrected chi connectivity index (χ3v) is 4.40. The molecule has 0 saturated carbocycles. The van der Waals surface area contributed by atoms with Crippen LogP contribution in [0.2, 0.25) is 0 Å². The average Bonchev–Trinajstić information content (AvgIpc) is 2.38. The van der Waals surface area contributed by atoms with Gasteiger partial charge in [0, 0.05) is 34.5 Å². The number of halogens is 1. The standard InChI is InChI=1S/C17H16BrNO2/c1-17(2)9-13-16(15(21)10-17)14(20)7-8-19(13)12-5-3-11(18)4-6-12/h3-8H,9-10H2,1-2H3. The summed E-state index contributed by atoms with van der Waals surface area (Å²) in [6.07, 6.45) is 2.92. The second-order valence-electron chi connectivity index (χ2n) is 6.29. The number of aromatic nitrogens is 1. The van der Waals surface area contributed by atoms with Crippen molar-refractivity contribution in [1.29, 1.82) is 0 Å². The Morgan fingerprint density at radius 3 is 2.38 bits per heavy atom. The lowest BCUT2D eigenvalue weighted by Crippen LogP contribution is -2.34. The van der Waals surface area contributed by atoms with E-state index in [1.165, 1.54) is 6.07 Å². The molecule has 1 aromatic heterocycles. The van der Waals surface area contributed by atoms with Crippen LogP contribution >= 0.6 is 15.9 Å². The molecule has 0 fully saturated rings. The van der Waals surface area contributed by atoms with Gasteiger partial charge in [0.15, 0.2) is 11.2 Å². The molecule has 0 saturated heterocycles. The fourth-order valence-electron chi connectivity index (χ4n) is 2.93. The summed E-state index contributed by atoms with van der Waals surface area (Å²) in [5, 5.41) is 0. The molecule has 0 atom stereocenters. The summed E-state index contributed by atoms with van der Waals surface area (Å²) in [6.45, 7) is 4.13. The highest BCUT2D eigenvalue weighted by atomic mass is 79.9. The number of hydrogen-bond acceptors (Lipinski definition) is 2. The first-order chi connectivity index (χ1) is 9.87. The minimum Gasteiger partial charge on any atom is -0.320 e. The quantitative estimate of drug-likeness (QED) is 0.789. The molecule has 4 heteroatoms. The van der Waals surface area contributed by atoms with Gasteiger partial charge in [-0.1, -0.05) is 29.8 Å². The van der Waals surface area contributed by atoms with Gasteiger partial charge in [0.2, 0.25) is 0 Å². The van der Waals surface area contributed by atoms with Crippen LogP contribution in [0.25, 0.3) is 5.69 Å². The van der Waals surface area contributed by atoms with Crippen molar-refractivity contribution in [3.63, 3.8) is 0 Å². The Bertz CT molecular complexity index is 772. The lowest BCUT2D eigenvalue weighted by molar-refractivity contribution is 0.0907. The maximum absolute atomic E-state index is 12.3. The van der Waals surface area contributed by atoms with E-state index in [1.54, 1.807) is 6.20 Å². The smallest absolute Gasteiger partial charge is 0.192 e. The van der Waals surface area contributed by atoms with Gasteiger partial charge in [0.1, 0.15) is 0 Å². The second-order valence-corrected chi connectivity index (χ2v) is 7.20. The van der Waals surface area contributed by atoms with Crippen molar-refractivity contribution in [2.24, 2.45) is 5.41 Å². The number of pyridine rings is 1. The molecular formula is C17H16BrNO2. The van der Waals surface area contributed by atoms with Gasteiger partial charge in [-0.25, -0.2) is 0 Å². The van der Waals surface area contributed by atoms with Crippen LogP contribution in [0.3, 0.4) is 0 Å². The van der Waals surface area contributed by atoms with Crippen molar-refractivity contribution in [2.75, 3.05) is 0 Å². The molecule has 1 aliphatic carbocycles. The van der Waals surface area contributed by atoms with Gasteiger partial charge in [-0.2, -0.15) is 0 Å². The minimum atomic E-state index is -0.168. The third-order valence-electron chi connectivity index (χ3n) is 3.87. The third kappa shape index (κ3) is 2.60. The summed E-state index contributed by atoms with van der Waals surface area (Å²) in [4.78, 5) is 24.4. The molecular weight excluding hydrogens is 330 g/mol. The van der Waals surface area contributed by atoms with E-state index >= 15 is 0 Å². The SMILES string of the molecule is CC1(C)CC(=O)c2c(n(-c3ccc(Br)cc3)ccc2=O)C1. The molecule has 3 rings (SSSR count). The molecule has 2 aromatic rings. The van der Waals surface area contributed by atoms with Crippen LogP contribution in [0.1, 0.15) is 36.3 Å². The summed E-state index contributed by atoms with van der Waals surface area (Å²) in [7, 11) is 0. The number of Topliss-reactive ketones (excluding diaryl/α,β-unsaturated/α-hetero) is 1. The topological polar surface area (TPSA) is 39.1 Å². The van der Waals surface area contributed by atoms with Crippen LogP contribution in [0.4, 0.5) is 0 Å². The lowest BCUT2D eigenvalue weighted by atomic mass is 9.75. The van der Waals surface area contributed by atoms with E-state index in [4.69, 9.17) is 0 Å². The molecule has 21 heavy (non-hydrogen) atoms. The fraction of sp³-hybridized carbons (Fsp3) is 0.294. The summed E-state index contributed by atoms with van der Waals surface area (Å²) in [5.74, 6) is -0.0438. The van der Waals surface area contributed by atoms with Crippen LogP contribution in [-0.4, -0.2) is 10.4 Å². The van der Waals surface area contributed by atoms with Crippen LogP contribution in [-0.2, 0) is 6.42 Å². The number of rotatable bonds is 1. The maximum Gasteiger partial charge on any atom is 0.192 e. The van der Waals surface area contributed by atoms with Gasteiger partial charge >= 0.3 is 0 Å². The zero-order chi connectivity index (χ0) is 15.2. The predicted octanol–water partition coefficient (Wildman–Crippen LogP) is 3.76. The van der Waals surface area contributed by atoms with E-state index in [-0.39, 0.29) is 16.6 Å². The number of carbonyl (C=O) groups is 1. The molecule has 1 aliphatic rings. The first kappa shape index (κ1) is 14.3. The van der Waals surface area contributed by atoms with Gasteiger partial charge in [0.25, 0.3) is 0 Å². The van der Waals surface area contributed by atoms with Crippen molar-refractivity contribution in [1.82, 2.24) is 4.57 Å². The Hall–Kier alpha value is -1.68. The van der Waals surface area contributed by atoms with Crippen LogP contribution in [0.5, 0.6) is 0 Å². The molecule has 0 amide bonds. The molecule has 1 aromatic carbocycles. The highest BCUT2D eigenvalue weighted by Gasteiger charge is 2.34. The van der Waals surface area contributed by atoms with E-state index < -0.39 is 0 Å². The van der Waals surface area contributed by atoms with Gasteiger partial charge in [-0.15, -0.1) is 0 Å². The second kappa shape index (κ2) is 4.95. The van der Waals surface area contributed by atoms with Crippen molar-refractivity contribution in [3.8, 4) is 5.69 Å². The normalized spacial score (nSPS) is 16.6. The summed E-state index contributed by atoms with van der Waals surface area (Å²) >= 11 is 3.42. The van der Waals surface area contributed by atoms with Crippen molar-refractivity contribution < 1.29 is 4.79 Å². The molecule has 0 bridgehead atoms. The molecule has 0 spiro atoms. The number of nitrogens with zero attached hydrogens (tertiary/aromatic N) is 1. The Balaban J connectivity index is 2.25. The first-order valence-electron chi connectivity index (χ1n) is 6.91. The van der Waals surface area contributed by atoms with Gasteiger partial charge in [-0.3, -0.25) is 9.59 Å². The molecule has 0 unspecified atom stereocenters. The van der Waals surface area contributed by atoms with Crippen molar-refractivity contribution in [3.05, 3.63) is 62.5 Å². The highest BCUT2D eigenvalue weighted by molar-refractivity contribution is 9.10. The Morgan fingerprint density at radius 2 is 1.71 bits per heavy atom. The zero-order valence-electron chi connectivity index (χ0n) is 12.0. The molecule has 3 nitrogen and oxygen atoms in total. The maximum atomic E-state index is 12.3. The highest BCUT2D eigenvalue weighted by Crippen LogP contribution is 2.34. The zero-order valence-corrected chi connectivity index (χ0v) is 13.6. The van der Waals surface area contributed by atoms with Crippen LogP contribution < -0.4 is 5.43 Å². The largest absolute Gasteiger partial charge is 0.320 e. The number of hydrogen-bond donors (Lipinski definition) is 0. The molecule has 1 heterocycles. The van der Waals surface area contributed by atoms with Crippen molar-refractivity contribution in [2.45, 2.75) is 26.7 Å². The van der Waals surface area contributed by atoms with Gasteiger partial charge < -0.3 is 4.57 Å². The Kier molecular flexibility index (Phi) is 3.36. The van der Waals surface area contributed by atoms with Gasteiger partial charge in [-0.05, 0) is 36.1 Å². The lowest BCUT2D eigenvalue weighted by Gasteiger charge is -2.31. The van der Waals surface area contributed by atoms with E-state index in [9.17, 15) is 9.59 Å². The monoisotopic (exact) mass is 345 g/mol. The summed E-state index contributed by atoms with van der Waals surface area (Å²) in [6, 6.07) is 9.34. The summed E-state index contributed by atoms with van der Waals surface area (Å²) in [5.41, 5.74) is 1.86. The van der Waals surface area contributed by atoms with Gasteiger partial charge in [0.05, 0.1) is 5.56 Å². The average molecular weight is 346 g/mol. The Labute approximate surface area is 131 Å². The predicted molar refractivity (Wildman–Crippen MR) is 86.2 cm³/mol. The van der Waals surface area contributed by atoms with E-state index in [0.717, 1.165) is 22.3 Å². The number of benzene rings is 1. The number of fused-ring (bicyclic) bond motifs is 1. The fourth-order valence-corrected chi connectivity index (χ4v) is 3.20. The Morgan fingerprint density at radius 1 is 1.05 bits per heavy atom. The van der Waals surface area contributed by atoms with Crippen molar-refractivity contribution >= 4 is 21.7 Å². The summed E-state index contributed by atoms with van der Waals surface area (Å²) < 4.78 is 2.96. The van der Waals surface area contributed by atoms with E-state index in [2.05, 4.69) is 29.8 Å². The number of carbonyl (C=O) groups excluding carboxylic acids is 1. The molecule has 0 N–H and O–H groups in total. The van der Waals surface area contributed by atoms with E-state index in [1.807, 2.05) is 28.8 Å².